The molecule has 2 rings (SSSR count). The zero-order valence-corrected chi connectivity index (χ0v) is 13.5. The van der Waals surface area contributed by atoms with Crippen molar-refractivity contribution in [3.05, 3.63) is 29.3 Å². The summed E-state index contributed by atoms with van der Waals surface area (Å²) in [5.41, 5.74) is 1.07. The lowest BCUT2D eigenvalue weighted by Gasteiger charge is -2.08. The van der Waals surface area contributed by atoms with Crippen molar-refractivity contribution in [1.29, 1.82) is 0 Å². The topological polar surface area (TPSA) is 30.7 Å². The van der Waals surface area contributed by atoms with E-state index < -0.39 is 0 Å². The second kappa shape index (κ2) is 7.70. The lowest BCUT2D eigenvalue weighted by molar-refractivity contribution is 0.626. The van der Waals surface area contributed by atoms with Gasteiger partial charge >= 0.3 is 0 Å². The molecule has 20 heavy (non-hydrogen) atoms. The maximum absolute atomic E-state index is 5.94. The first kappa shape index (κ1) is 15.4. The van der Waals surface area contributed by atoms with E-state index in [4.69, 9.17) is 11.6 Å². The van der Waals surface area contributed by atoms with Crippen molar-refractivity contribution in [1.82, 2.24) is 14.8 Å². The molecule has 1 aromatic heterocycles. The van der Waals surface area contributed by atoms with Crippen molar-refractivity contribution in [3.63, 3.8) is 0 Å². The highest BCUT2D eigenvalue weighted by Gasteiger charge is 2.13. The Hall–Kier alpha value is -1.00. The molecule has 0 atom stereocenters. The molecule has 3 nitrogen and oxygen atoms in total. The molecular weight excluding hydrogens is 290 g/mol. The molecule has 1 aromatic carbocycles. The minimum Gasteiger partial charge on any atom is -0.302 e. The van der Waals surface area contributed by atoms with Crippen molar-refractivity contribution in [2.24, 2.45) is 0 Å². The third-order valence-electron chi connectivity index (χ3n) is 3.00. The van der Waals surface area contributed by atoms with Crippen LogP contribution in [0.1, 0.15) is 33.1 Å². The van der Waals surface area contributed by atoms with Crippen molar-refractivity contribution in [2.45, 2.75) is 44.8 Å². The minimum atomic E-state index is 0.743. The molecule has 0 fully saturated rings. The molecule has 1 heterocycles. The van der Waals surface area contributed by atoms with Gasteiger partial charge in [-0.3, -0.25) is 0 Å². The molecule has 0 radical (unpaired) electrons. The summed E-state index contributed by atoms with van der Waals surface area (Å²) in [5, 5.41) is 10.5. The van der Waals surface area contributed by atoms with Gasteiger partial charge in [-0.2, -0.15) is 0 Å². The maximum Gasteiger partial charge on any atom is 0.191 e. The van der Waals surface area contributed by atoms with Gasteiger partial charge in [-0.1, -0.05) is 43.6 Å². The smallest absolute Gasteiger partial charge is 0.191 e. The molecule has 108 valence electrons. The van der Waals surface area contributed by atoms with Gasteiger partial charge in [0.25, 0.3) is 0 Å². The largest absolute Gasteiger partial charge is 0.302 e. The van der Waals surface area contributed by atoms with Gasteiger partial charge in [0, 0.05) is 22.9 Å². The number of nitrogens with zero attached hydrogens (tertiary/aromatic N) is 3. The quantitative estimate of drug-likeness (QED) is 0.538. The molecular formula is C15H20ClN3S. The van der Waals surface area contributed by atoms with Gasteiger partial charge in [0.1, 0.15) is 0 Å². The summed E-state index contributed by atoms with van der Waals surface area (Å²) in [5.74, 6) is 2.03. The summed E-state index contributed by atoms with van der Waals surface area (Å²) in [6.07, 6.45) is 3.48. The van der Waals surface area contributed by atoms with E-state index in [-0.39, 0.29) is 0 Å². The Labute approximate surface area is 129 Å². The predicted molar refractivity (Wildman–Crippen MR) is 86.4 cm³/mol. The van der Waals surface area contributed by atoms with Crippen LogP contribution >= 0.6 is 23.4 Å². The average Bonchev–Trinajstić information content (AvgIpc) is 2.84. The van der Waals surface area contributed by atoms with Crippen LogP contribution in [0, 0.1) is 0 Å². The third kappa shape index (κ3) is 3.76. The Balaban J connectivity index is 2.25. The molecule has 0 saturated heterocycles. The number of unbranched alkanes of at least 4 members (excludes halogenated alkanes) is 1. The molecule has 0 saturated carbocycles. The Morgan fingerprint density at radius 2 is 1.85 bits per heavy atom. The van der Waals surface area contributed by atoms with Crippen molar-refractivity contribution < 1.29 is 0 Å². The normalized spacial score (nSPS) is 10.9. The highest BCUT2D eigenvalue weighted by molar-refractivity contribution is 7.99. The van der Waals surface area contributed by atoms with Crippen LogP contribution in [0.5, 0.6) is 0 Å². The van der Waals surface area contributed by atoms with E-state index in [1.807, 2.05) is 24.3 Å². The number of benzene rings is 1. The lowest BCUT2D eigenvalue weighted by atomic mass is 10.2. The van der Waals surface area contributed by atoms with Gasteiger partial charge in [-0.05, 0) is 37.1 Å². The molecule has 0 N–H and O–H groups in total. The van der Waals surface area contributed by atoms with Crippen molar-refractivity contribution >= 4 is 23.4 Å². The highest BCUT2D eigenvalue weighted by Crippen LogP contribution is 2.25. The number of halogens is 1. The van der Waals surface area contributed by atoms with E-state index in [2.05, 4.69) is 28.6 Å². The van der Waals surface area contributed by atoms with Crippen LogP contribution in [-0.2, 0) is 6.54 Å². The zero-order chi connectivity index (χ0) is 14.4. The molecule has 0 aliphatic heterocycles. The van der Waals surface area contributed by atoms with Gasteiger partial charge < -0.3 is 4.57 Å². The molecule has 0 amide bonds. The van der Waals surface area contributed by atoms with Gasteiger partial charge in [0.2, 0.25) is 0 Å². The summed E-state index contributed by atoms with van der Waals surface area (Å²) < 4.78 is 2.21. The Kier molecular flexibility index (Phi) is 5.92. The van der Waals surface area contributed by atoms with Crippen molar-refractivity contribution in [2.75, 3.05) is 5.75 Å². The fourth-order valence-corrected chi connectivity index (χ4v) is 3.11. The summed E-state index contributed by atoms with van der Waals surface area (Å²) in [4.78, 5) is 0. The lowest BCUT2D eigenvalue weighted by Crippen LogP contribution is -2.02. The summed E-state index contributed by atoms with van der Waals surface area (Å²) in [6, 6.07) is 7.79. The van der Waals surface area contributed by atoms with E-state index in [0.29, 0.717) is 0 Å². The molecule has 0 spiro atoms. The third-order valence-corrected chi connectivity index (χ3v) is 4.30. The summed E-state index contributed by atoms with van der Waals surface area (Å²) in [6.45, 7) is 5.32. The van der Waals surface area contributed by atoms with E-state index >= 15 is 0 Å². The fraction of sp³-hybridized carbons (Fsp3) is 0.467. The SMILES string of the molecule is CCCCSc1nnc(-c2ccc(Cl)cc2)n1CCC. The maximum atomic E-state index is 5.94. The highest BCUT2D eigenvalue weighted by atomic mass is 35.5. The molecule has 0 bridgehead atoms. The van der Waals surface area contributed by atoms with Gasteiger partial charge in [-0.15, -0.1) is 10.2 Å². The Morgan fingerprint density at radius 3 is 2.50 bits per heavy atom. The number of rotatable bonds is 7. The Morgan fingerprint density at radius 1 is 1.10 bits per heavy atom. The first-order valence-corrected chi connectivity index (χ1v) is 8.44. The summed E-state index contributed by atoms with van der Waals surface area (Å²) in [7, 11) is 0. The molecule has 2 aromatic rings. The van der Waals surface area contributed by atoms with Gasteiger partial charge in [-0.25, -0.2) is 0 Å². The number of thioether (sulfide) groups is 1. The van der Waals surface area contributed by atoms with E-state index in [9.17, 15) is 0 Å². The predicted octanol–water partition coefficient (Wildman–Crippen LogP) is 4.90. The van der Waals surface area contributed by atoms with Gasteiger partial charge in [0.15, 0.2) is 11.0 Å². The van der Waals surface area contributed by atoms with Crippen LogP contribution in [0.2, 0.25) is 5.02 Å². The van der Waals surface area contributed by atoms with Crippen molar-refractivity contribution in [3.8, 4) is 11.4 Å². The van der Waals surface area contributed by atoms with Crippen LogP contribution in [0.4, 0.5) is 0 Å². The molecule has 0 aliphatic rings. The van der Waals surface area contributed by atoms with E-state index in [1.165, 1.54) is 12.8 Å². The first-order valence-electron chi connectivity index (χ1n) is 7.08. The average molecular weight is 310 g/mol. The van der Waals surface area contributed by atoms with Crippen LogP contribution in [0.25, 0.3) is 11.4 Å². The van der Waals surface area contributed by atoms with Gasteiger partial charge in [0.05, 0.1) is 0 Å². The van der Waals surface area contributed by atoms with Crippen LogP contribution in [-0.4, -0.2) is 20.5 Å². The Bertz CT molecular complexity index is 537. The second-order valence-electron chi connectivity index (χ2n) is 4.67. The first-order chi connectivity index (χ1) is 9.76. The minimum absolute atomic E-state index is 0.743. The monoisotopic (exact) mass is 309 g/mol. The van der Waals surface area contributed by atoms with E-state index in [1.54, 1.807) is 11.8 Å². The number of hydrogen-bond acceptors (Lipinski definition) is 3. The van der Waals surface area contributed by atoms with Crippen LogP contribution < -0.4 is 0 Å². The van der Waals surface area contributed by atoms with Crippen LogP contribution in [0.3, 0.4) is 0 Å². The summed E-state index contributed by atoms with van der Waals surface area (Å²) >= 11 is 7.74. The standard InChI is InChI=1S/C15H20ClN3S/c1-3-5-11-20-15-18-17-14(19(15)10-4-2)12-6-8-13(16)9-7-12/h6-9H,3-5,10-11H2,1-2H3. The number of aromatic nitrogens is 3. The molecule has 0 aliphatic carbocycles. The molecule has 0 unspecified atom stereocenters. The zero-order valence-electron chi connectivity index (χ0n) is 12.0. The fourth-order valence-electron chi connectivity index (χ4n) is 1.94. The van der Waals surface area contributed by atoms with Crippen LogP contribution in [0.15, 0.2) is 29.4 Å². The van der Waals surface area contributed by atoms with E-state index in [0.717, 1.165) is 40.3 Å². The number of hydrogen-bond donors (Lipinski definition) is 0. The molecule has 5 heteroatoms. The second-order valence-corrected chi connectivity index (χ2v) is 6.17.